The van der Waals surface area contributed by atoms with Crippen molar-refractivity contribution < 1.29 is 18.3 Å². The number of para-hydroxylation sites is 2. The Hall–Kier alpha value is -3.58. The molecule has 0 fully saturated rings. The van der Waals surface area contributed by atoms with Crippen LogP contribution in [0.3, 0.4) is 0 Å². The van der Waals surface area contributed by atoms with Gasteiger partial charge in [-0.1, -0.05) is 23.7 Å². The van der Waals surface area contributed by atoms with Gasteiger partial charge in [0.1, 0.15) is 11.5 Å². The van der Waals surface area contributed by atoms with E-state index in [9.17, 15) is 8.78 Å². The lowest BCUT2D eigenvalue weighted by Crippen LogP contribution is -2.20. The largest absolute Gasteiger partial charge is 0.497 e. The van der Waals surface area contributed by atoms with Crippen LogP contribution >= 0.6 is 11.6 Å². The lowest BCUT2D eigenvalue weighted by Gasteiger charge is -2.28. The Morgan fingerprint density at radius 2 is 1.84 bits per heavy atom. The third kappa shape index (κ3) is 3.65. The fraction of sp³-hybridized carbons (Fsp3) is 0.125. The van der Waals surface area contributed by atoms with E-state index in [2.05, 4.69) is 5.32 Å². The number of hydrogen-bond donors (Lipinski definition) is 1. The Labute approximate surface area is 187 Å². The molecule has 0 unspecified atom stereocenters. The molecule has 0 radical (unpaired) electrons. The van der Waals surface area contributed by atoms with E-state index in [4.69, 9.17) is 26.1 Å². The summed E-state index contributed by atoms with van der Waals surface area (Å²) >= 11 is 6.26. The lowest BCUT2D eigenvalue weighted by atomic mass is 10.00. The van der Waals surface area contributed by atoms with Crippen LogP contribution in [0.5, 0.6) is 11.5 Å². The van der Waals surface area contributed by atoms with Crippen LogP contribution in [0.4, 0.5) is 14.7 Å². The molecule has 8 heteroatoms. The van der Waals surface area contributed by atoms with Gasteiger partial charge in [0.25, 0.3) is 0 Å². The highest BCUT2D eigenvalue weighted by atomic mass is 35.5. The van der Waals surface area contributed by atoms with Crippen LogP contribution in [-0.2, 0) is 0 Å². The van der Waals surface area contributed by atoms with Crippen molar-refractivity contribution in [3.63, 3.8) is 0 Å². The molecule has 0 aliphatic carbocycles. The van der Waals surface area contributed by atoms with E-state index in [0.29, 0.717) is 16.5 Å². The first-order chi connectivity index (χ1) is 15.5. The van der Waals surface area contributed by atoms with Gasteiger partial charge in [0, 0.05) is 16.3 Å². The topological polar surface area (TPSA) is 48.3 Å². The Balaban J connectivity index is 1.71. The molecule has 0 spiro atoms. The molecule has 5 rings (SSSR count). The summed E-state index contributed by atoms with van der Waals surface area (Å²) in [4.78, 5) is 4.72. The zero-order valence-corrected chi connectivity index (χ0v) is 17.7. The zero-order valence-electron chi connectivity index (χ0n) is 16.9. The first-order valence-corrected chi connectivity index (χ1v) is 10.3. The molecular weight excluding hydrogens is 436 g/mol. The summed E-state index contributed by atoms with van der Waals surface area (Å²) < 4.78 is 38.4. The molecule has 1 aromatic heterocycles. The van der Waals surface area contributed by atoms with Gasteiger partial charge in [0.2, 0.25) is 5.95 Å². The second-order valence-corrected chi connectivity index (χ2v) is 7.67. The van der Waals surface area contributed by atoms with Crippen LogP contribution in [0.15, 0.2) is 72.8 Å². The molecule has 162 valence electrons. The molecule has 2 heterocycles. The highest BCUT2D eigenvalue weighted by Crippen LogP contribution is 2.41. The van der Waals surface area contributed by atoms with Gasteiger partial charge in [-0.2, -0.15) is 8.78 Å². The average Bonchev–Trinajstić information content (AvgIpc) is 3.18. The predicted molar refractivity (Wildman–Crippen MR) is 121 cm³/mol. The molecule has 0 bridgehead atoms. The first-order valence-electron chi connectivity index (χ1n) is 9.88. The molecule has 4 aromatic rings. The molecule has 1 aliphatic rings. The van der Waals surface area contributed by atoms with Crippen LogP contribution in [0.25, 0.3) is 16.7 Å². The molecule has 0 saturated carbocycles. The van der Waals surface area contributed by atoms with Crippen molar-refractivity contribution in [3.05, 3.63) is 89.0 Å². The van der Waals surface area contributed by atoms with Crippen LogP contribution in [-0.4, -0.2) is 23.3 Å². The number of benzene rings is 3. The predicted octanol–water partition coefficient (Wildman–Crippen LogP) is 6.36. The van der Waals surface area contributed by atoms with Gasteiger partial charge >= 0.3 is 6.61 Å². The summed E-state index contributed by atoms with van der Waals surface area (Å²) in [7, 11) is 1.61. The summed E-state index contributed by atoms with van der Waals surface area (Å²) in [5.74, 6) is 1.38. The summed E-state index contributed by atoms with van der Waals surface area (Å²) in [6, 6.07) is 19.4. The molecule has 0 amide bonds. The number of methoxy groups -OCH3 is 1. The fourth-order valence-electron chi connectivity index (χ4n) is 3.93. The number of hydrogen-bond acceptors (Lipinski definition) is 4. The number of rotatable bonds is 5. The minimum Gasteiger partial charge on any atom is -0.497 e. The second kappa shape index (κ2) is 8.16. The Bertz CT molecular complexity index is 1320. The van der Waals surface area contributed by atoms with Crippen LogP contribution in [0.2, 0.25) is 5.02 Å². The van der Waals surface area contributed by atoms with E-state index < -0.39 is 12.7 Å². The maximum Gasteiger partial charge on any atom is 0.387 e. The van der Waals surface area contributed by atoms with Crippen LogP contribution < -0.4 is 14.8 Å². The average molecular weight is 454 g/mol. The number of allylic oxidation sites excluding steroid dienone is 1. The van der Waals surface area contributed by atoms with Crippen molar-refractivity contribution in [2.75, 3.05) is 12.4 Å². The summed E-state index contributed by atoms with van der Waals surface area (Å²) in [5, 5.41) is 3.79. The monoisotopic (exact) mass is 453 g/mol. The van der Waals surface area contributed by atoms with Crippen molar-refractivity contribution >= 4 is 34.3 Å². The van der Waals surface area contributed by atoms with E-state index in [1.165, 1.54) is 12.1 Å². The maximum atomic E-state index is 13.2. The fourth-order valence-corrected chi connectivity index (χ4v) is 4.11. The molecule has 1 aliphatic heterocycles. The highest BCUT2D eigenvalue weighted by molar-refractivity contribution is 6.30. The van der Waals surface area contributed by atoms with E-state index >= 15 is 0 Å². The van der Waals surface area contributed by atoms with Crippen molar-refractivity contribution in [1.29, 1.82) is 0 Å². The van der Waals surface area contributed by atoms with Gasteiger partial charge in [-0.05, 0) is 66.2 Å². The summed E-state index contributed by atoms with van der Waals surface area (Å²) in [6.07, 6.45) is 1.95. The maximum absolute atomic E-state index is 13.2. The van der Waals surface area contributed by atoms with Crippen molar-refractivity contribution in [2.45, 2.75) is 12.7 Å². The minimum atomic E-state index is -2.96. The van der Waals surface area contributed by atoms with Crippen LogP contribution in [0.1, 0.15) is 17.2 Å². The van der Waals surface area contributed by atoms with Crippen LogP contribution in [0, 0.1) is 0 Å². The number of nitrogens with one attached hydrogen (secondary N) is 1. The van der Waals surface area contributed by atoms with Gasteiger partial charge in [0.05, 0.1) is 24.2 Å². The Morgan fingerprint density at radius 1 is 1.06 bits per heavy atom. The number of halogens is 3. The SMILES string of the molecule is COc1ccc(C2=C[C@H](c3cc(Cl)ccc3OC(F)F)n3c(nc4ccccc43)N2)cc1. The normalized spacial score (nSPS) is 15.3. The van der Waals surface area contributed by atoms with Crippen molar-refractivity contribution in [2.24, 2.45) is 0 Å². The number of nitrogens with zero attached hydrogens (tertiary/aromatic N) is 2. The molecule has 32 heavy (non-hydrogen) atoms. The number of alkyl halides is 2. The van der Waals surface area contributed by atoms with Gasteiger partial charge in [-0.3, -0.25) is 4.57 Å². The Morgan fingerprint density at radius 3 is 2.59 bits per heavy atom. The number of imidazole rings is 1. The first kappa shape index (κ1) is 20.3. The van der Waals surface area contributed by atoms with Gasteiger partial charge < -0.3 is 14.8 Å². The van der Waals surface area contributed by atoms with Gasteiger partial charge in [0.15, 0.2) is 0 Å². The standard InChI is InChI=1S/C24H18ClF2N3O2/c1-31-16-9-6-14(7-10-16)19-13-21(17-12-15(25)8-11-22(17)32-23(26)27)30-20-5-3-2-4-18(20)28-24(30)29-19/h2-13,21,23H,1H3,(H,28,29)/t21-/m1/s1. The molecular formula is C24H18ClF2N3O2. The number of aromatic nitrogens is 2. The van der Waals surface area contributed by atoms with Crippen molar-refractivity contribution in [3.8, 4) is 11.5 Å². The lowest BCUT2D eigenvalue weighted by molar-refractivity contribution is -0.0505. The van der Waals surface area contributed by atoms with E-state index in [-0.39, 0.29) is 5.75 Å². The minimum absolute atomic E-state index is 0.0605. The highest BCUT2D eigenvalue weighted by Gasteiger charge is 2.28. The third-order valence-electron chi connectivity index (χ3n) is 5.35. The number of fused-ring (bicyclic) bond motifs is 3. The van der Waals surface area contributed by atoms with Gasteiger partial charge in [-0.15, -0.1) is 0 Å². The smallest absolute Gasteiger partial charge is 0.387 e. The quantitative estimate of drug-likeness (QED) is 0.382. The summed E-state index contributed by atoms with van der Waals surface area (Å²) in [6.45, 7) is -2.96. The Kier molecular flexibility index (Phi) is 5.19. The van der Waals surface area contributed by atoms with E-state index in [0.717, 1.165) is 28.0 Å². The zero-order chi connectivity index (χ0) is 22.2. The second-order valence-electron chi connectivity index (χ2n) is 7.23. The molecule has 1 N–H and O–H groups in total. The molecule has 3 aromatic carbocycles. The molecule has 1 atom stereocenters. The molecule has 5 nitrogen and oxygen atoms in total. The summed E-state index contributed by atoms with van der Waals surface area (Å²) in [5.41, 5.74) is 3.82. The van der Waals surface area contributed by atoms with Gasteiger partial charge in [-0.25, -0.2) is 4.98 Å². The van der Waals surface area contributed by atoms with E-state index in [1.807, 2.05) is 59.2 Å². The number of anilines is 1. The number of ether oxygens (including phenoxy) is 2. The van der Waals surface area contributed by atoms with E-state index in [1.54, 1.807) is 13.2 Å². The molecule has 0 saturated heterocycles. The van der Waals surface area contributed by atoms with Crippen molar-refractivity contribution in [1.82, 2.24) is 9.55 Å². The third-order valence-corrected chi connectivity index (χ3v) is 5.59.